The zero-order chi connectivity index (χ0) is 16.3. The molecule has 22 heavy (non-hydrogen) atoms. The summed E-state index contributed by atoms with van der Waals surface area (Å²) in [5.41, 5.74) is 0.522. The Morgan fingerprint density at radius 3 is 2.59 bits per heavy atom. The molecule has 0 unspecified atom stereocenters. The van der Waals surface area contributed by atoms with E-state index in [1.807, 2.05) is 0 Å². The highest BCUT2D eigenvalue weighted by molar-refractivity contribution is 5.90. The van der Waals surface area contributed by atoms with Gasteiger partial charge >= 0.3 is 11.9 Å². The number of methoxy groups -OCH3 is 1. The summed E-state index contributed by atoms with van der Waals surface area (Å²) in [7, 11) is 1.43. The molecule has 1 spiro atoms. The Morgan fingerprint density at radius 1 is 1.32 bits per heavy atom. The summed E-state index contributed by atoms with van der Waals surface area (Å²) in [5.74, 6) is 0.610. The maximum absolute atomic E-state index is 12.2. The van der Waals surface area contributed by atoms with Crippen molar-refractivity contribution in [3.8, 4) is 0 Å². The van der Waals surface area contributed by atoms with Crippen LogP contribution in [0.5, 0.6) is 0 Å². The second kappa shape index (κ2) is 4.84. The van der Waals surface area contributed by atoms with Crippen LogP contribution in [-0.2, 0) is 19.1 Å². The van der Waals surface area contributed by atoms with Crippen LogP contribution >= 0.6 is 0 Å². The van der Waals surface area contributed by atoms with Gasteiger partial charge in [0.25, 0.3) is 0 Å². The van der Waals surface area contributed by atoms with Crippen LogP contribution in [0.1, 0.15) is 47.0 Å². The van der Waals surface area contributed by atoms with Crippen LogP contribution in [0.2, 0.25) is 0 Å². The molecule has 0 bridgehead atoms. The lowest BCUT2D eigenvalue weighted by atomic mass is 9.60. The van der Waals surface area contributed by atoms with Crippen molar-refractivity contribution in [3.63, 3.8) is 0 Å². The van der Waals surface area contributed by atoms with Gasteiger partial charge in [-0.1, -0.05) is 26.8 Å². The van der Waals surface area contributed by atoms with Gasteiger partial charge in [0.2, 0.25) is 0 Å². The SMILES string of the molecule is COC(=O)C1=C[C@@]2(C)CC[C@@H]3[C@@H](C)C[C@H](OC(C)=O)[C@@]32[C@@H]1C. The minimum absolute atomic E-state index is 0.0618. The molecule has 0 heterocycles. The number of ether oxygens (including phenoxy) is 2. The van der Waals surface area contributed by atoms with E-state index in [-0.39, 0.29) is 34.8 Å². The molecule has 2 saturated carbocycles. The normalized spacial score (nSPS) is 46.0. The molecule has 0 radical (unpaired) electrons. The van der Waals surface area contributed by atoms with Crippen LogP contribution in [0.3, 0.4) is 0 Å². The minimum Gasteiger partial charge on any atom is -0.466 e. The zero-order valence-corrected chi connectivity index (χ0v) is 14.1. The summed E-state index contributed by atoms with van der Waals surface area (Å²) in [6, 6.07) is 0. The van der Waals surface area contributed by atoms with Crippen LogP contribution in [-0.4, -0.2) is 25.2 Å². The van der Waals surface area contributed by atoms with Gasteiger partial charge in [-0.25, -0.2) is 4.79 Å². The largest absolute Gasteiger partial charge is 0.466 e. The highest BCUT2D eigenvalue weighted by atomic mass is 16.5. The Bertz CT molecular complexity index is 551. The van der Waals surface area contributed by atoms with Gasteiger partial charge in [-0.15, -0.1) is 0 Å². The van der Waals surface area contributed by atoms with Crippen LogP contribution in [0, 0.1) is 28.6 Å². The van der Waals surface area contributed by atoms with E-state index in [0.29, 0.717) is 11.8 Å². The van der Waals surface area contributed by atoms with Gasteiger partial charge in [-0.3, -0.25) is 4.79 Å². The Hall–Kier alpha value is -1.32. The van der Waals surface area contributed by atoms with E-state index >= 15 is 0 Å². The number of rotatable bonds is 2. The highest BCUT2D eigenvalue weighted by Gasteiger charge is 2.72. The summed E-state index contributed by atoms with van der Waals surface area (Å²) in [5, 5.41) is 0. The third-order valence-corrected chi connectivity index (χ3v) is 6.77. The van der Waals surface area contributed by atoms with Crippen molar-refractivity contribution in [2.75, 3.05) is 7.11 Å². The third-order valence-electron chi connectivity index (χ3n) is 6.77. The van der Waals surface area contributed by atoms with E-state index in [0.717, 1.165) is 24.8 Å². The monoisotopic (exact) mass is 306 g/mol. The Balaban J connectivity index is 2.09. The molecular formula is C18H26O4. The Morgan fingerprint density at radius 2 is 2.00 bits per heavy atom. The lowest BCUT2D eigenvalue weighted by Crippen LogP contribution is -2.47. The van der Waals surface area contributed by atoms with E-state index in [1.54, 1.807) is 0 Å². The molecule has 0 aromatic rings. The van der Waals surface area contributed by atoms with Gasteiger partial charge in [0, 0.05) is 17.9 Å². The average Bonchev–Trinajstić information content (AvgIpc) is 2.97. The molecule has 0 N–H and O–H groups in total. The number of carbonyl (C=O) groups is 2. The summed E-state index contributed by atoms with van der Waals surface area (Å²) < 4.78 is 10.8. The molecule has 0 aliphatic heterocycles. The van der Waals surface area contributed by atoms with Gasteiger partial charge in [0.1, 0.15) is 6.10 Å². The van der Waals surface area contributed by atoms with Gasteiger partial charge in [0.15, 0.2) is 0 Å². The molecule has 0 saturated heterocycles. The molecule has 0 aromatic carbocycles. The standard InChI is InChI=1S/C18H26O4/c1-10-8-15(22-12(3)19)18-11(2)13(16(20)21-5)9-17(18,4)7-6-14(10)18/h9-11,14-15H,6-8H2,1-5H3/t10-,11+,14+,15-,17+,18+/m0/s1. The fraction of sp³-hybridized carbons (Fsp3) is 0.778. The Kier molecular flexibility index (Phi) is 3.42. The fourth-order valence-electron chi connectivity index (χ4n) is 6.11. The predicted molar refractivity (Wildman–Crippen MR) is 81.9 cm³/mol. The second-order valence-electron chi connectivity index (χ2n) is 7.62. The third kappa shape index (κ3) is 1.70. The van der Waals surface area contributed by atoms with Gasteiger partial charge in [0.05, 0.1) is 7.11 Å². The molecule has 3 aliphatic carbocycles. The van der Waals surface area contributed by atoms with Crippen molar-refractivity contribution in [1.82, 2.24) is 0 Å². The number of hydrogen-bond donors (Lipinski definition) is 0. The molecule has 0 aromatic heterocycles. The van der Waals surface area contributed by atoms with E-state index in [2.05, 4.69) is 26.8 Å². The smallest absolute Gasteiger partial charge is 0.333 e. The minimum atomic E-state index is -0.239. The van der Waals surface area contributed by atoms with Gasteiger partial charge < -0.3 is 9.47 Å². The Labute approximate surface area is 132 Å². The lowest BCUT2D eigenvalue weighted by Gasteiger charge is -2.46. The number of allylic oxidation sites excluding steroid dienone is 1. The topological polar surface area (TPSA) is 52.6 Å². The van der Waals surface area contributed by atoms with E-state index in [1.165, 1.54) is 14.0 Å². The van der Waals surface area contributed by atoms with Gasteiger partial charge in [-0.2, -0.15) is 0 Å². The summed E-state index contributed by atoms with van der Waals surface area (Å²) in [6.45, 7) is 8.08. The van der Waals surface area contributed by atoms with Crippen LogP contribution < -0.4 is 0 Å². The van der Waals surface area contributed by atoms with E-state index in [4.69, 9.17) is 9.47 Å². The molecule has 0 amide bonds. The molecule has 2 fully saturated rings. The van der Waals surface area contributed by atoms with Crippen molar-refractivity contribution >= 4 is 11.9 Å². The first-order valence-electron chi connectivity index (χ1n) is 8.26. The summed E-state index contributed by atoms with van der Waals surface area (Å²) in [4.78, 5) is 23.8. The summed E-state index contributed by atoms with van der Waals surface area (Å²) >= 11 is 0. The first-order valence-corrected chi connectivity index (χ1v) is 8.26. The number of esters is 2. The molecular weight excluding hydrogens is 280 g/mol. The quantitative estimate of drug-likeness (QED) is 0.736. The maximum atomic E-state index is 12.2. The van der Waals surface area contributed by atoms with Crippen molar-refractivity contribution in [1.29, 1.82) is 0 Å². The van der Waals surface area contributed by atoms with Crippen LogP contribution in [0.25, 0.3) is 0 Å². The second-order valence-corrected chi connectivity index (χ2v) is 7.62. The van der Waals surface area contributed by atoms with Crippen molar-refractivity contribution < 1.29 is 19.1 Å². The highest BCUT2D eigenvalue weighted by Crippen LogP contribution is 2.73. The van der Waals surface area contributed by atoms with E-state index < -0.39 is 0 Å². The first-order chi connectivity index (χ1) is 10.3. The molecule has 3 rings (SSSR count). The fourth-order valence-corrected chi connectivity index (χ4v) is 6.11. The molecule has 4 heteroatoms. The zero-order valence-electron chi connectivity index (χ0n) is 14.1. The van der Waals surface area contributed by atoms with Crippen molar-refractivity contribution in [2.24, 2.45) is 28.6 Å². The first kappa shape index (κ1) is 15.6. The molecule has 3 aliphatic rings. The summed E-state index contributed by atoms with van der Waals surface area (Å²) in [6.07, 6.45) is 5.10. The number of hydrogen-bond acceptors (Lipinski definition) is 4. The van der Waals surface area contributed by atoms with Crippen LogP contribution in [0.4, 0.5) is 0 Å². The van der Waals surface area contributed by atoms with E-state index in [9.17, 15) is 9.59 Å². The van der Waals surface area contributed by atoms with Crippen molar-refractivity contribution in [2.45, 2.75) is 53.1 Å². The molecule has 6 atom stereocenters. The molecule has 122 valence electrons. The maximum Gasteiger partial charge on any atom is 0.333 e. The predicted octanol–water partition coefficient (Wildman–Crippen LogP) is 3.11. The average molecular weight is 306 g/mol. The molecule has 4 nitrogen and oxygen atoms in total. The van der Waals surface area contributed by atoms with Crippen molar-refractivity contribution in [3.05, 3.63) is 11.6 Å². The van der Waals surface area contributed by atoms with Gasteiger partial charge in [-0.05, 0) is 42.4 Å². The van der Waals surface area contributed by atoms with Crippen LogP contribution in [0.15, 0.2) is 11.6 Å². The number of carbonyl (C=O) groups excluding carboxylic acids is 2. The lowest BCUT2D eigenvalue weighted by molar-refractivity contribution is -0.158.